The van der Waals surface area contributed by atoms with Crippen molar-refractivity contribution in [2.75, 3.05) is 20.7 Å². The topological polar surface area (TPSA) is 35.5 Å². The zero-order valence-corrected chi connectivity index (χ0v) is 10.6. The summed E-state index contributed by atoms with van der Waals surface area (Å²) in [5.41, 5.74) is -0.0356. The molecule has 1 aliphatic carbocycles. The Balaban J connectivity index is 2.62. The van der Waals surface area contributed by atoms with Crippen LogP contribution in [0.15, 0.2) is 0 Å². The normalized spacial score (nSPS) is 32.6. The molecule has 0 aromatic heterocycles. The van der Waals surface area contributed by atoms with Gasteiger partial charge in [-0.05, 0) is 53.6 Å². The predicted molar refractivity (Wildman–Crippen MR) is 64.0 cm³/mol. The Bertz CT molecular complexity index is 190. The third-order valence-corrected chi connectivity index (χ3v) is 4.04. The predicted octanol–water partition coefficient (Wildman–Crippen LogP) is 1.22. The fraction of sp³-hybridized carbons (Fsp3) is 1.00. The Morgan fingerprint density at radius 3 is 2.67 bits per heavy atom. The molecule has 1 rings (SSSR count). The average Bonchev–Trinajstić information content (AvgIpc) is 2.28. The van der Waals surface area contributed by atoms with Crippen LogP contribution in [0.1, 0.15) is 39.5 Å². The molecule has 0 aromatic carbocycles. The van der Waals surface area contributed by atoms with E-state index >= 15 is 0 Å². The van der Waals surface area contributed by atoms with Gasteiger partial charge in [-0.25, -0.2) is 0 Å². The zero-order valence-electron chi connectivity index (χ0n) is 10.6. The molecule has 1 fully saturated rings. The minimum absolute atomic E-state index is 0.0356. The fourth-order valence-corrected chi connectivity index (χ4v) is 2.55. The van der Waals surface area contributed by atoms with Gasteiger partial charge in [-0.3, -0.25) is 0 Å². The highest BCUT2D eigenvalue weighted by Crippen LogP contribution is 2.30. The number of nitrogens with zero attached hydrogens (tertiary/aromatic N) is 1. The molecule has 0 spiro atoms. The van der Waals surface area contributed by atoms with E-state index in [1.165, 1.54) is 12.8 Å². The van der Waals surface area contributed by atoms with Gasteiger partial charge in [0.25, 0.3) is 0 Å². The van der Waals surface area contributed by atoms with Crippen molar-refractivity contribution in [3.8, 4) is 0 Å². The number of likely N-dealkylation sites (N-methyl/N-ethyl adjacent to an activating group) is 1. The zero-order chi connectivity index (χ0) is 11.5. The van der Waals surface area contributed by atoms with Crippen LogP contribution >= 0.6 is 0 Å². The Labute approximate surface area is 93.9 Å². The highest BCUT2D eigenvalue weighted by Gasteiger charge is 2.36. The van der Waals surface area contributed by atoms with Crippen LogP contribution in [0.2, 0.25) is 0 Å². The van der Waals surface area contributed by atoms with Crippen molar-refractivity contribution < 1.29 is 5.11 Å². The Morgan fingerprint density at radius 2 is 2.20 bits per heavy atom. The van der Waals surface area contributed by atoms with Gasteiger partial charge in [-0.2, -0.15) is 0 Å². The lowest BCUT2D eigenvalue weighted by molar-refractivity contribution is 0.0631. The highest BCUT2D eigenvalue weighted by atomic mass is 16.3. The van der Waals surface area contributed by atoms with Gasteiger partial charge in [-0.1, -0.05) is 0 Å². The number of aliphatic hydroxyl groups excluding tert-OH is 1. The summed E-state index contributed by atoms with van der Waals surface area (Å²) in [6, 6.07) is 1.19. The summed E-state index contributed by atoms with van der Waals surface area (Å²) in [6.45, 7) is 4.72. The molecule has 2 N–H and O–H groups in total. The summed E-state index contributed by atoms with van der Waals surface area (Å²) in [6.07, 6.45) is 4.64. The lowest BCUT2D eigenvalue weighted by Gasteiger charge is -2.44. The highest BCUT2D eigenvalue weighted by molar-refractivity contribution is 4.95. The second kappa shape index (κ2) is 5.28. The molecule has 0 aliphatic heterocycles. The summed E-state index contributed by atoms with van der Waals surface area (Å²) in [7, 11) is 4.16. The first-order valence-corrected chi connectivity index (χ1v) is 6.06. The molecule has 3 heteroatoms. The molecule has 2 unspecified atom stereocenters. The third-order valence-electron chi connectivity index (χ3n) is 4.04. The summed E-state index contributed by atoms with van der Waals surface area (Å²) in [5.74, 6) is 0. The van der Waals surface area contributed by atoms with Crippen LogP contribution in [0.4, 0.5) is 0 Å². The SMILES string of the molecule is CNC1(CO)CCCC(N(C)C(C)C)C1. The van der Waals surface area contributed by atoms with Crippen molar-refractivity contribution in [2.24, 2.45) is 0 Å². The van der Waals surface area contributed by atoms with Crippen LogP contribution in [0.3, 0.4) is 0 Å². The number of rotatable bonds is 4. The van der Waals surface area contributed by atoms with E-state index in [0.29, 0.717) is 12.1 Å². The van der Waals surface area contributed by atoms with E-state index in [4.69, 9.17) is 0 Å². The third kappa shape index (κ3) is 2.92. The first kappa shape index (κ1) is 12.9. The van der Waals surface area contributed by atoms with Crippen molar-refractivity contribution in [2.45, 2.75) is 57.2 Å². The van der Waals surface area contributed by atoms with Gasteiger partial charge in [0, 0.05) is 17.6 Å². The van der Waals surface area contributed by atoms with Gasteiger partial charge in [0.15, 0.2) is 0 Å². The molecule has 0 amide bonds. The van der Waals surface area contributed by atoms with Crippen molar-refractivity contribution >= 4 is 0 Å². The molecule has 3 nitrogen and oxygen atoms in total. The first-order chi connectivity index (χ1) is 7.04. The summed E-state index contributed by atoms with van der Waals surface area (Å²) >= 11 is 0. The van der Waals surface area contributed by atoms with Crippen LogP contribution in [0, 0.1) is 0 Å². The maximum Gasteiger partial charge on any atom is 0.0613 e. The second-order valence-electron chi connectivity index (χ2n) is 5.20. The lowest BCUT2D eigenvalue weighted by Crippen LogP contribution is -2.54. The number of hydrogen-bond acceptors (Lipinski definition) is 3. The van der Waals surface area contributed by atoms with Gasteiger partial charge in [0.1, 0.15) is 0 Å². The molecule has 90 valence electrons. The molecule has 0 radical (unpaired) electrons. The number of aliphatic hydroxyl groups is 1. The van der Waals surface area contributed by atoms with E-state index in [1.807, 2.05) is 7.05 Å². The van der Waals surface area contributed by atoms with Crippen LogP contribution in [0.25, 0.3) is 0 Å². The van der Waals surface area contributed by atoms with E-state index in [-0.39, 0.29) is 12.1 Å². The molecule has 1 aliphatic rings. The fourth-order valence-electron chi connectivity index (χ4n) is 2.55. The van der Waals surface area contributed by atoms with E-state index in [9.17, 15) is 5.11 Å². The smallest absolute Gasteiger partial charge is 0.0613 e. The lowest BCUT2D eigenvalue weighted by atomic mass is 9.79. The van der Waals surface area contributed by atoms with Crippen molar-refractivity contribution in [1.29, 1.82) is 0 Å². The minimum Gasteiger partial charge on any atom is -0.394 e. The maximum atomic E-state index is 9.50. The van der Waals surface area contributed by atoms with Crippen LogP contribution in [-0.4, -0.2) is 48.3 Å². The monoisotopic (exact) mass is 214 g/mol. The Kier molecular flexibility index (Phi) is 4.56. The molecule has 0 aromatic rings. The van der Waals surface area contributed by atoms with Gasteiger partial charge >= 0.3 is 0 Å². The number of hydrogen-bond donors (Lipinski definition) is 2. The summed E-state index contributed by atoms with van der Waals surface area (Å²) in [5, 5.41) is 12.8. The average molecular weight is 214 g/mol. The summed E-state index contributed by atoms with van der Waals surface area (Å²) < 4.78 is 0. The molecule has 1 saturated carbocycles. The number of nitrogens with one attached hydrogen (secondary N) is 1. The molecule has 15 heavy (non-hydrogen) atoms. The van der Waals surface area contributed by atoms with Crippen LogP contribution in [-0.2, 0) is 0 Å². The van der Waals surface area contributed by atoms with E-state index < -0.39 is 0 Å². The van der Waals surface area contributed by atoms with Crippen LogP contribution in [0.5, 0.6) is 0 Å². The summed E-state index contributed by atoms with van der Waals surface area (Å²) in [4.78, 5) is 2.43. The largest absolute Gasteiger partial charge is 0.394 e. The Morgan fingerprint density at radius 1 is 1.53 bits per heavy atom. The van der Waals surface area contributed by atoms with Gasteiger partial charge < -0.3 is 15.3 Å². The maximum absolute atomic E-state index is 9.50. The van der Waals surface area contributed by atoms with E-state index in [0.717, 1.165) is 12.8 Å². The Hall–Kier alpha value is -0.120. The molecular weight excluding hydrogens is 188 g/mol. The van der Waals surface area contributed by atoms with Gasteiger partial charge in [0.05, 0.1) is 6.61 Å². The minimum atomic E-state index is -0.0356. The van der Waals surface area contributed by atoms with E-state index in [2.05, 4.69) is 31.1 Å². The molecule has 2 atom stereocenters. The molecular formula is C12H26N2O. The van der Waals surface area contributed by atoms with Crippen molar-refractivity contribution in [3.63, 3.8) is 0 Å². The standard InChI is InChI=1S/C12H26N2O/c1-10(2)14(4)11-6-5-7-12(8-11,9-15)13-3/h10-11,13,15H,5-9H2,1-4H3. The van der Waals surface area contributed by atoms with Gasteiger partial charge in [0.2, 0.25) is 0 Å². The quantitative estimate of drug-likeness (QED) is 0.738. The molecule has 0 heterocycles. The first-order valence-electron chi connectivity index (χ1n) is 6.06. The van der Waals surface area contributed by atoms with Gasteiger partial charge in [-0.15, -0.1) is 0 Å². The van der Waals surface area contributed by atoms with Crippen molar-refractivity contribution in [1.82, 2.24) is 10.2 Å². The van der Waals surface area contributed by atoms with Crippen molar-refractivity contribution in [3.05, 3.63) is 0 Å². The second-order valence-corrected chi connectivity index (χ2v) is 5.20. The van der Waals surface area contributed by atoms with E-state index in [1.54, 1.807) is 0 Å². The van der Waals surface area contributed by atoms with Crippen LogP contribution < -0.4 is 5.32 Å². The molecule has 0 saturated heterocycles. The molecule has 0 bridgehead atoms.